The van der Waals surface area contributed by atoms with Crippen molar-refractivity contribution in [2.75, 3.05) is 0 Å². The van der Waals surface area contributed by atoms with E-state index in [0.29, 0.717) is 0 Å². The van der Waals surface area contributed by atoms with E-state index in [1.807, 2.05) is 22.3 Å². The summed E-state index contributed by atoms with van der Waals surface area (Å²) in [7, 11) is 0. The number of benzene rings is 19. The highest BCUT2D eigenvalue weighted by Crippen LogP contribution is 2.85. The van der Waals surface area contributed by atoms with Crippen molar-refractivity contribution in [3.8, 4) is 0 Å². The van der Waals surface area contributed by atoms with Crippen LogP contribution in [0, 0.1) is 0 Å². The summed E-state index contributed by atoms with van der Waals surface area (Å²) in [6.45, 7) is 0. The lowest BCUT2D eigenvalue weighted by atomic mass is 9.43. The second kappa shape index (κ2) is 5.43. The first-order valence-corrected chi connectivity index (χ1v) is 25.7. The maximum absolute atomic E-state index is 2.58. The minimum absolute atomic E-state index is 0.174. The summed E-state index contributed by atoms with van der Waals surface area (Å²) >= 11 is 0. The van der Waals surface area contributed by atoms with Gasteiger partial charge in [0.1, 0.15) is 0 Å². The quantitative estimate of drug-likeness (QED) is 0.134. The van der Waals surface area contributed by atoms with E-state index in [0.717, 1.165) is 12.8 Å². The number of hydrogen-bond acceptors (Lipinski definition) is 0. The predicted octanol–water partition coefficient (Wildman–Crippen LogP) is 18.1. The fraction of sp³-hybridized carbons (Fsp3) is 0.0588. The zero-order valence-corrected chi connectivity index (χ0v) is 34.7. The van der Waals surface area contributed by atoms with Gasteiger partial charge >= 0.3 is 0 Å². The first-order valence-electron chi connectivity index (χ1n) is 25.7. The maximum atomic E-state index is 2.58. The summed E-state index contributed by atoms with van der Waals surface area (Å²) in [5.74, 6) is 0. The molecule has 29 aromatic carbocycles. The fourth-order valence-corrected chi connectivity index (χ4v) is 25.7. The van der Waals surface area contributed by atoms with E-state index < -0.39 is 0 Å². The van der Waals surface area contributed by atoms with Gasteiger partial charge in [-0.25, -0.2) is 0 Å². The molecule has 0 unspecified atom stereocenters. The maximum Gasteiger partial charge on any atom is 0.0409 e. The van der Waals surface area contributed by atoms with Crippen LogP contribution in [0.5, 0.6) is 0 Å². The molecule has 0 aliphatic heterocycles. The molecule has 0 radical (unpaired) electrons. The summed E-state index contributed by atoms with van der Waals surface area (Å²) < 4.78 is 0. The molecule has 0 bridgehead atoms. The first-order chi connectivity index (χ1) is 33.9. The smallest absolute Gasteiger partial charge is 0.0409 e. The first kappa shape index (κ1) is 24.4. The van der Waals surface area contributed by atoms with Crippen LogP contribution in [-0.2, 0) is 23.7 Å². The summed E-state index contributed by atoms with van der Waals surface area (Å²) in [5, 5.41) is 91.2. The van der Waals surface area contributed by atoms with E-state index >= 15 is 0 Å². The van der Waals surface area contributed by atoms with Gasteiger partial charge in [-0.1, -0.05) is 24.3 Å². The molecule has 0 nitrogen and oxygen atoms in total. The Morgan fingerprint density at radius 1 is 0.162 bits per heavy atom. The van der Waals surface area contributed by atoms with Gasteiger partial charge in [-0.05, 0) is 337 Å². The Bertz CT molecular complexity index is 6720. The van der Waals surface area contributed by atoms with Crippen molar-refractivity contribution in [1.29, 1.82) is 0 Å². The summed E-state index contributed by atoms with van der Waals surface area (Å²) in [5.41, 5.74) is 10.1. The van der Waals surface area contributed by atoms with Crippen molar-refractivity contribution >= 4 is 291 Å². The van der Waals surface area contributed by atoms with Crippen LogP contribution in [0.4, 0.5) is 0 Å². The molecule has 0 fully saturated rings. The third kappa shape index (κ3) is 1.25. The molecule has 0 aromatic heterocycles. The van der Waals surface area contributed by atoms with Crippen LogP contribution < -0.4 is 0 Å². The van der Waals surface area contributed by atoms with Crippen molar-refractivity contribution in [2.24, 2.45) is 0 Å². The van der Waals surface area contributed by atoms with Crippen LogP contribution in [0.15, 0.2) is 24.3 Å². The molecular weight excluding hydrogens is 817 g/mol. The summed E-state index contributed by atoms with van der Waals surface area (Å²) in [6, 6.07) is 9.93. The van der Waals surface area contributed by atoms with Crippen LogP contribution >= 0.6 is 0 Å². The zero-order valence-electron chi connectivity index (χ0n) is 34.7. The van der Waals surface area contributed by atoms with Gasteiger partial charge in [0.2, 0.25) is 0 Å². The molecule has 0 saturated heterocycles. The van der Waals surface area contributed by atoms with Crippen LogP contribution in [0.25, 0.3) is 291 Å². The third-order valence-electron chi connectivity index (χ3n) is 25.7. The SMILES string of the molecule is c1ccc2c(c1)CC13c4c5c6c7c8c9c(c%10c%11c1c1c4c4c%12c5c5c6c6c8c8c%13c9c9c%10c%10c%11c%11c1c1c4c4c%12c%12c5c5c6c8c6c8c%13c9c9c%10c%10c%11c1c1c4c4c%12c5c6c5c8c9c%10c1c45)C73C2. The molecular formula is C68H8. The Morgan fingerprint density at radius 2 is 0.279 bits per heavy atom. The van der Waals surface area contributed by atoms with E-state index in [-0.39, 0.29) is 10.8 Å². The topological polar surface area (TPSA) is 0 Å². The normalized spacial score (nSPS) is 22.7. The van der Waals surface area contributed by atoms with Gasteiger partial charge in [0, 0.05) is 10.8 Å². The minimum Gasteiger partial charge on any atom is -0.0620 e. The van der Waals surface area contributed by atoms with Gasteiger partial charge in [-0.15, -0.1) is 0 Å². The standard InChI is InChI=1S/C68H8/c1-2-4-8-6-68-65-57-49-39-29-21-13-10-9-11-15-17(13)25-31-23(15)33-27-19(11)20-12(9)16-18-14(10)22(21)30-36-26(18)32-24(16)34-28(20)38-37(27)47-41(33)51-45(31)53(43(49)35(25)29)61(65)59(51)63-55(47)56-48(38)42(34)52-46(32)54-44(36)50(40(30)39)58(57)66(68)62(54)60(52)64(56)67(63,68)5-7(8)3-1/h1-4H,5-6H2. The highest BCUT2D eigenvalue weighted by Gasteiger charge is 2.70. The molecule has 280 valence electrons. The Labute approximate surface area is 370 Å². The molecule has 0 N–H and O–H groups in total. The van der Waals surface area contributed by atoms with Gasteiger partial charge in [0.15, 0.2) is 0 Å². The van der Waals surface area contributed by atoms with Gasteiger partial charge in [0.25, 0.3) is 0 Å². The van der Waals surface area contributed by atoms with Crippen molar-refractivity contribution in [1.82, 2.24) is 0 Å². The summed E-state index contributed by atoms with van der Waals surface area (Å²) in [6.07, 6.45) is 2.22. The lowest BCUT2D eigenvalue weighted by Gasteiger charge is -2.57. The highest BCUT2D eigenvalue weighted by molar-refractivity contribution is 6.82. The van der Waals surface area contributed by atoms with Gasteiger partial charge < -0.3 is 0 Å². The fourth-order valence-electron chi connectivity index (χ4n) is 25.7. The average Bonchev–Trinajstić information content (AvgIpc) is 4.24. The molecule has 29 aromatic rings. The molecule has 2 spiro atoms. The minimum atomic E-state index is -0.174. The van der Waals surface area contributed by atoms with Gasteiger partial charge in [-0.2, -0.15) is 0 Å². The molecule has 5 aliphatic carbocycles. The van der Waals surface area contributed by atoms with Crippen LogP contribution in [0.3, 0.4) is 0 Å². The Balaban J connectivity index is 1.22. The van der Waals surface area contributed by atoms with Crippen molar-refractivity contribution < 1.29 is 0 Å². The monoisotopic (exact) mass is 824 g/mol. The zero-order chi connectivity index (χ0) is 39.9. The van der Waals surface area contributed by atoms with Gasteiger partial charge in [-0.3, -0.25) is 0 Å². The predicted molar refractivity (Wildman–Crippen MR) is 288 cm³/mol. The van der Waals surface area contributed by atoms with E-state index in [1.54, 1.807) is 302 Å². The Hall–Kier alpha value is -8.32. The molecule has 0 saturated carbocycles. The largest absolute Gasteiger partial charge is 0.0620 e. The number of rotatable bonds is 0. The van der Waals surface area contributed by atoms with Crippen molar-refractivity contribution in [3.05, 3.63) is 57.6 Å². The Morgan fingerprint density at radius 3 is 0.412 bits per heavy atom. The van der Waals surface area contributed by atoms with E-state index in [1.165, 1.54) is 0 Å². The van der Waals surface area contributed by atoms with E-state index in [4.69, 9.17) is 0 Å². The second-order valence-corrected chi connectivity index (χ2v) is 25.7. The number of hydrogen-bond donors (Lipinski definition) is 0. The lowest BCUT2D eigenvalue weighted by molar-refractivity contribution is 0.298. The van der Waals surface area contributed by atoms with Gasteiger partial charge in [0.05, 0.1) is 0 Å². The second-order valence-electron chi connectivity index (χ2n) is 25.7. The lowest BCUT2D eigenvalue weighted by Crippen LogP contribution is -2.56. The summed E-state index contributed by atoms with van der Waals surface area (Å²) in [4.78, 5) is 0. The molecule has 0 heterocycles. The molecule has 34 rings (SSSR count). The van der Waals surface area contributed by atoms with E-state index in [9.17, 15) is 0 Å². The van der Waals surface area contributed by atoms with Crippen LogP contribution in [-0.4, -0.2) is 0 Å². The van der Waals surface area contributed by atoms with Crippen molar-refractivity contribution in [3.63, 3.8) is 0 Å². The molecule has 0 heteroatoms. The molecule has 68 heavy (non-hydrogen) atoms. The highest BCUT2D eigenvalue weighted by atomic mass is 14.7. The average molecular weight is 825 g/mol. The number of fused-ring (bicyclic) bond motifs is 1. The van der Waals surface area contributed by atoms with Crippen molar-refractivity contribution in [2.45, 2.75) is 23.7 Å². The van der Waals surface area contributed by atoms with Crippen LogP contribution in [0.1, 0.15) is 33.4 Å². The van der Waals surface area contributed by atoms with E-state index in [2.05, 4.69) is 24.3 Å². The van der Waals surface area contributed by atoms with Crippen LogP contribution in [0.2, 0.25) is 0 Å². The Kier molecular flexibility index (Phi) is 1.95. The molecule has 0 atom stereocenters. The molecule has 5 aliphatic rings. The molecule has 0 amide bonds. The third-order valence-corrected chi connectivity index (χ3v) is 25.7.